The van der Waals surface area contributed by atoms with E-state index in [1.807, 2.05) is 37.3 Å². The maximum Gasteiger partial charge on any atom is 0.315 e. The molecule has 1 atom stereocenters. The monoisotopic (exact) mass is 311 g/mol. The average molecular weight is 311 g/mol. The highest BCUT2D eigenvalue weighted by atomic mass is 16.3. The van der Waals surface area contributed by atoms with Gasteiger partial charge in [0.25, 0.3) is 0 Å². The summed E-state index contributed by atoms with van der Waals surface area (Å²) in [4.78, 5) is 15.8. The Balaban J connectivity index is 1.55. The van der Waals surface area contributed by atoms with Crippen molar-refractivity contribution in [1.82, 2.24) is 25.4 Å². The number of furan rings is 1. The second-order valence-electron chi connectivity index (χ2n) is 5.11. The van der Waals surface area contributed by atoms with Gasteiger partial charge in [-0.1, -0.05) is 12.1 Å². The molecule has 0 radical (unpaired) electrons. The lowest BCUT2D eigenvalue weighted by Crippen LogP contribution is -2.36. The Bertz CT molecular complexity index is 735. The van der Waals surface area contributed by atoms with E-state index < -0.39 is 0 Å². The highest BCUT2D eigenvalue weighted by molar-refractivity contribution is 5.74. The number of nitrogens with zero attached hydrogens (tertiary/aromatic N) is 3. The summed E-state index contributed by atoms with van der Waals surface area (Å²) in [6, 6.07) is 9.27. The zero-order valence-electron chi connectivity index (χ0n) is 12.6. The molecule has 2 heterocycles. The first-order valence-corrected chi connectivity index (χ1v) is 7.23. The Hall–Kier alpha value is -3.09. The third-order valence-electron chi connectivity index (χ3n) is 3.46. The fraction of sp³-hybridized carbons (Fsp3) is 0.188. The normalized spacial score (nSPS) is 11.9. The van der Waals surface area contributed by atoms with E-state index in [0.717, 1.165) is 16.8 Å². The number of hydrogen-bond acceptors (Lipinski definition) is 4. The fourth-order valence-electron chi connectivity index (χ4n) is 2.16. The zero-order valence-corrected chi connectivity index (χ0v) is 12.6. The molecule has 0 bridgehead atoms. The number of amides is 2. The van der Waals surface area contributed by atoms with E-state index in [1.165, 1.54) is 6.33 Å². The molecule has 7 heteroatoms. The first-order valence-electron chi connectivity index (χ1n) is 7.23. The minimum Gasteiger partial charge on any atom is -0.472 e. The zero-order chi connectivity index (χ0) is 16.1. The number of hydrogen-bond donors (Lipinski definition) is 2. The second kappa shape index (κ2) is 6.78. The van der Waals surface area contributed by atoms with Crippen molar-refractivity contribution in [3.8, 4) is 5.69 Å². The van der Waals surface area contributed by atoms with E-state index in [-0.39, 0.29) is 12.1 Å². The Morgan fingerprint density at radius 3 is 2.78 bits per heavy atom. The van der Waals surface area contributed by atoms with Crippen molar-refractivity contribution in [2.24, 2.45) is 0 Å². The SMILES string of the molecule is C[C@H](NC(=O)NCc1ccoc1)c1ccc(-n2cncn2)cc1. The number of urea groups is 1. The number of carbonyl (C=O) groups is 1. The third-order valence-corrected chi connectivity index (χ3v) is 3.46. The molecule has 0 unspecified atom stereocenters. The maximum atomic E-state index is 11.9. The van der Waals surface area contributed by atoms with Crippen LogP contribution in [0.4, 0.5) is 4.79 Å². The van der Waals surface area contributed by atoms with Gasteiger partial charge in [-0.2, -0.15) is 5.10 Å². The van der Waals surface area contributed by atoms with Crippen LogP contribution in [0.2, 0.25) is 0 Å². The van der Waals surface area contributed by atoms with Crippen molar-refractivity contribution >= 4 is 6.03 Å². The largest absolute Gasteiger partial charge is 0.472 e. The lowest BCUT2D eigenvalue weighted by Gasteiger charge is -2.15. The molecule has 0 saturated heterocycles. The van der Waals surface area contributed by atoms with Crippen molar-refractivity contribution in [3.63, 3.8) is 0 Å². The number of rotatable bonds is 5. The smallest absolute Gasteiger partial charge is 0.315 e. The molecule has 2 amide bonds. The van der Waals surface area contributed by atoms with Gasteiger partial charge in [0.15, 0.2) is 0 Å². The van der Waals surface area contributed by atoms with Crippen LogP contribution in [-0.2, 0) is 6.54 Å². The van der Waals surface area contributed by atoms with Gasteiger partial charge in [-0.15, -0.1) is 0 Å². The van der Waals surface area contributed by atoms with Crippen LogP contribution in [-0.4, -0.2) is 20.8 Å². The van der Waals surface area contributed by atoms with Gasteiger partial charge in [-0.05, 0) is 30.7 Å². The average Bonchev–Trinajstić information content (AvgIpc) is 3.26. The predicted molar refractivity (Wildman–Crippen MR) is 83.9 cm³/mol. The summed E-state index contributed by atoms with van der Waals surface area (Å²) in [5.74, 6) is 0. The summed E-state index contributed by atoms with van der Waals surface area (Å²) in [5.41, 5.74) is 2.85. The lowest BCUT2D eigenvalue weighted by molar-refractivity contribution is 0.237. The van der Waals surface area contributed by atoms with Crippen molar-refractivity contribution in [2.75, 3.05) is 0 Å². The number of carbonyl (C=O) groups excluding carboxylic acids is 1. The Kier molecular flexibility index (Phi) is 4.37. The van der Waals surface area contributed by atoms with E-state index in [4.69, 9.17) is 4.42 Å². The van der Waals surface area contributed by atoms with Gasteiger partial charge in [0.2, 0.25) is 0 Å². The molecule has 118 valence electrons. The van der Waals surface area contributed by atoms with Crippen molar-refractivity contribution in [2.45, 2.75) is 19.5 Å². The van der Waals surface area contributed by atoms with Crippen molar-refractivity contribution < 1.29 is 9.21 Å². The molecule has 0 spiro atoms. The van der Waals surface area contributed by atoms with Gasteiger partial charge >= 0.3 is 6.03 Å². The molecule has 3 aromatic rings. The van der Waals surface area contributed by atoms with Gasteiger partial charge in [-0.3, -0.25) is 0 Å². The lowest BCUT2D eigenvalue weighted by atomic mass is 10.1. The van der Waals surface area contributed by atoms with Gasteiger partial charge in [0.05, 0.1) is 24.3 Å². The minimum atomic E-state index is -0.223. The molecule has 0 aliphatic carbocycles. The molecule has 0 fully saturated rings. The van der Waals surface area contributed by atoms with E-state index in [9.17, 15) is 4.79 Å². The molecule has 0 aliphatic heterocycles. The third kappa shape index (κ3) is 3.76. The van der Waals surface area contributed by atoms with E-state index in [2.05, 4.69) is 20.7 Å². The summed E-state index contributed by atoms with van der Waals surface area (Å²) in [7, 11) is 0. The molecule has 1 aromatic carbocycles. The Labute approximate surface area is 133 Å². The summed E-state index contributed by atoms with van der Waals surface area (Å²) < 4.78 is 6.64. The summed E-state index contributed by atoms with van der Waals surface area (Å²) in [6.07, 6.45) is 6.31. The predicted octanol–water partition coefficient (Wildman–Crippen LogP) is 2.42. The molecule has 0 saturated carbocycles. The summed E-state index contributed by atoms with van der Waals surface area (Å²) in [5, 5.41) is 9.76. The van der Waals surface area contributed by atoms with Crippen molar-refractivity contribution in [1.29, 1.82) is 0 Å². The summed E-state index contributed by atoms with van der Waals surface area (Å²) >= 11 is 0. The minimum absolute atomic E-state index is 0.107. The second-order valence-corrected chi connectivity index (χ2v) is 5.11. The van der Waals surface area contributed by atoms with E-state index >= 15 is 0 Å². The van der Waals surface area contributed by atoms with Crippen LogP contribution in [0.3, 0.4) is 0 Å². The van der Waals surface area contributed by atoms with Gasteiger partial charge in [0, 0.05) is 12.1 Å². The molecule has 3 rings (SSSR count). The van der Waals surface area contributed by atoms with Gasteiger partial charge in [0.1, 0.15) is 12.7 Å². The molecule has 23 heavy (non-hydrogen) atoms. The van der Waals surface area contributed by atoms with Crippen LogP contribution in [0.1, 0.15) is 24.1 Å². The van der Waals surface area contributed by atoms with Crippen LogP contribution in [0, 0.1) is 0 Å². The Morgan fingerprint density at radius 2 is 2.13 bits per heavy atom. The molecule has 7 nitrogen and oxygen atoms in total. The van der Waals surface area contributed by atoms with Gasteiger partial charge in [-0.25, -0.2) is 14.5 Å². The van der Waals surface area contributed by atoms with E-state index in [0.29, 0.717) is 6.54 Å². The number of nitrogens with one attached hydrogen (secondary N) is 2. The van der Waals surface area contributed by atoms with Gasteiger partial charge < -0.3 is 15.1 Å². The van der Waals surface area contributed by atoms with E-state index in [1.54, 1.807) is 23.5 Å². The van der Waals surface area contributed by atoms with Crippen LogP contribution in [0.15, 0.2) is 59.9 Å². The maximum absolute atomic E-state index is 11.9. The molecule has 2 N–H and O–H groups in total. The Morgan fingerprint density at radius 1 is 1.30 bits per heavy atom. The van der Waals surface area contributed by atoms with Crippen LogP contribution >= 0.6 is 0 Å². The molecular weight excluding hydrogens is 294 g/mol. The van der Waals surface area contributed by atoms with Crippen LogP contribution < -0.4 is 10.6 Å². The fourth-order valence-corrected chi connectivity index (χ4v) is 2.16. The molecular formula is C16H17N5O2. The first kappa shape index (κ1) is 14.8. The van der Waals surface area contributed by atoms with Crippen LogP contribution in [0.5, 0.6) is 0 Å². The quantitative estimate of drug-likeness (QED) is 0.758. The number of benzene rings is 1. The highest BCUT2D eigenvalue weighted by Gasteiger charge is 2.09. The topological polar surface area (TPSA) is 85.0 Å². The van der Waals surface area contributed by atoms with Crippen LogP contribution in [0.25, 0.3) is 5.69 Å². The first-order chi connectivity index (χ1) is 11.2. The molecule has 2 aromatic heterocycles. The standard InChI is InChI=1S/C16H17N5O2/c1-12(20-16(22)18-8-13-6-7-23-9-13)14-2-4-15(5-3-14)21-11-17-10-19-21/h2-7,9-12H,8H2,1H3,(H2,18,20,22)/t12-/m0/s1. The number of aromatic nitrogens is 3. The molecule has 0 aliphatic rings. The van der Waals surface area contributed by atoms with Crippen molar-refractivity contribution in [3.05, 3.63) is 66.6 Å². The highest BCUT2D eigenvalue weighted by Crippen LogP contribution is 2.15. The summed E-state index contributed by atoms with van der Waals surface area (Å²) in [6.45, 7) is 2.36.